The van der Waals surface area contributed by atoms with Crippen LogP contribution in [-0.4, -0.2) is 41.0 Å². The molecule has 0 aliphatic heterocycles. The van der Waals surface area contributed by atoms with Crippen molar-refractivity contribution in [1.29, 1.82) is 0 Å². The number of aliphatic hydroxyl groups excluding tert-OH is 2. The number of benzene rings is 1. The maximum absolute atomic E-state index is 13.5. The molecule has 1 aromatic carbocycles. The smallest absolute Gasteiger partial charge is 0.328 e. The summed E-state index contributed by atoms with van der Waals surface area (Å²) in [4.78, 5) is 10.4. The zero-order chi connectivity index (χ0) is 15.1. The topological polar surface area (TPSA) is 89.8 Å². The van der Waals surface area contributed by atoms with Crippen LogP contribution in [0.4, 0.5) is 4.39 Å². The van der Waals surface area contributed by atoms with Crippen LogP contribution in [-0.2, 0) is 4.79 Å². The van der Waals surface area contributed by atoms with E-state index in [0.717, 1.165) is 18.2 Å². The van der Waals surface area contributed by atoms with Gasteiger partial charge in [-0.15, -0.1) is 0 Å². The largest absolute Gasteiger partial charge is 0.478 e. The Bertz CT molecular complexity index is 490. The van der Waals surface area contributed by atoms with E-state index in [-0.39, 0.29) is 5.56 Å². The molecule has 5 nitrogen and oxygen atoms in total. The Morgan fingerprint density at radius 2 is 2.15 bits per heavy atom. The van der Waals surface area contributed by atoms with Gasteiger partial charge in [-0.1, -0.05) is 6.07 Å². The van der Waals surface area contributed by atoms with Gasteiger partial charge in [0, 0.05) is 11.6 Å². The summed E-state index contributed by atoms with van der Waals surface area (Å²) in [5.41, 5.74) is 0.379. The Morgan fingerprint density at radius 3 is 2.75 bits per heavy atom. The van der Waals surface area contributed by atoms with E-state index >= 15 is 0 Å². The first kappa shape index (κ1) is 16.3. The molecule has 0 aliphatic rings. The summed E-state index contributed by atoms with van der Waals surface area (Å²) in [5, 5.41) is 31.1. The number of carboxylic acids is 1. The van der Waals surface area contributed by atoms with Crippen LogP contribution in [0.2, 0.25) is 0 Å². The minimum absolute atomic E-state index is 0.0461. The summed E-state index contributed by atoms with van der Waals surface area (Å²) >= 11 is 0. The number of hydrogen-bond donors (Lipinski definition) is 4. The Balaban J connectivity index is 2.90. The highest BCUT2D eigenvalue weighted by Crippen LogP contribution is 2.22. The van der Waals surface area contributed by atoms with Crippen molar-refractivity contribution >= 4 is 12.0 Å². The summed E-state index contributed by atoms with van der Waals surface area (Å²) in [6, 6.07) is 3.81. The maximum Gasteiger partial charge on any atom is 0.328 e. The molecule has 20 heavy (non-hydrogen) atoms. The number of rotatable bonds is 7. The molecule has 0 heterocycles. The van der Waals surface area contributed by atoms with Gasteiger partial charge >= 0.3 is 5.97 Å². The van der Waals surface area contributed by atoms with Crippen LogP contribution in [0.3, 0.4) is 0 Å². The molecule has 4 N–H and O–H groups in total. The molecule has 0 saturated heterocycles. The van der Waals surface area contributed by atoms with Gasteiger partial charge in [0.25, 0.3) is 0 Å². The summed E-state index contributed by atoms with van der Waals surface area (Å²) < 4.78 is 13.5. The standard InChI is InChI=1S/C14H18FNO4/c1-16-7-6-12(17)14(20)10-2-4-11(15)9(8-10)3-5-13(18)19/h2-5,8,12,14,16-17,20H,6-7H2,1H3,(H,18,19)/b5-3+. The van der Waals surface area contributed by atoms with E-state index in [4.69, 9.17) is 5.11 Å². The SMILES string of the molecule is CNCCC(O)C(O)c1ccc(F)c(/C=C/C(=O)O)c1. The van der Waals surface area contributed by atoms with E-state index in [2.05, 4.69) is 5.32 Å². The summed E-state index contributed by atoms with van der Waals surface area (Å²) in [7, 11) is 1.73. The third-order valence-corrected chi connectivity index (χ3v) is 2.82. The van der Waals surface area contributed by atoms with Crippen LogP contribution >= 0.6 is 0 Å². The molecule has 1 rings (SSSR count). The summed E-state index contributed by atoms with van der Waals surface area (Å²) in [6.07, 6.45) is 0.125. The van der Waals surface area contributed by atoms with Crippen LogP contribution in [0.1, 0.15) is 23.7 Å². The highest BCUT2D eigenvalue weighted by Gasteiger charge is 2.18. The predicted octanol–water partition coefficient (Wildman–Crippen LogP) is 0.927. The van der Waals surface area contributed by atoms with E-state index in [9.17, 15) is 19.4 Å². The van der Waals surface area contributed by atoms with Gasteiger partial charge in [-0.2, -0.15) is 0 Å². The molecular weight excluding hydrogens is 265 g/mol. The quantitative estimate of drug-likeness (QED) is 0.559. The molecule has 0 aliphatic carbocycles. The molecule has 1 aromatic rings. The van der Waals surface area contributed by atoms with Gasteiger partial charge in [-0.05, 0) is 43.8 Å². The van der Waals surface area contributed by atoms with Gasteiger partial charge < -0.3 is 20.6 Å². The number of nitrogens with one attached hydrogen (secondary N) is 1. The first-order chi connectivity index (χ1) is 9.45. The minimum atomic E-state index is -1.19. The monoisotopic (exact) mass is 283 g/mol. The molecule has 0 fully saturated rings. The third-order valence-electron chi connectivity index (χ3n) is 2.82. The molecular formula is C14H18FNO4. The highest BCUT2D eigenvalue weighted by atomic mass is 19.1. The summed E-state index contributed by atoms with van der Waals surface area (Å²) in [5.74, 6) is -1.78. The van der Waals surface area contributed by atoms with Crippen LogP contribution in [0.25, 0.3) is 6.08 Å². The minimum Gasteiger partial charge on any atom is -0.478 e. The van der Waals surface area contributed by atoms with Gasteiger partial charge in [-0.25, -0.2) is 9.18 Å². The Kier molecular flexibility index (Phi) is 6.30. The van der Waals surface area contributed by atoms with Gasteiger partial charge in [0.15, 0.2) is 0 Å². The Morgan fingerprint density at radius 1 is 1.45 bits per heavy atom. The van der Waals surface area contributed by atoms with E-state index in [1.807, 2.05) is 0 Å². The predicted molar refractivity (Wildman–Crippen MR) is 72.6 cm³/mol. The second kappa shape index (κ2) is 7.74. The van der Waals surface area contributed by atoms with E-state index in [1.54, 1.807) is 7.05 Å². The molecule has 2 unspecified atom stereocenters. The highest BCUT2D eigenvalue weighted by molar-refractivity contribution is 5.85. The summed E-state index contributed by atoms with van der Waals surface area (Å²) in [6.45, 7) is 0.533. The molecule has 6 heteroatoms. The fourth-order valence-corrected chi connectivity index (χ4v) is 1.71. The maximum atomic E-state index is 13.5. The van der Waals surface area contributed by atoms with Crippen molar-refractivity contribution in [3.05, 3.63) is 41.2 Å². The number of carbonyl (C=O) groups is 1. The van der Waals surface area contributed by atoms with Gasteiger partial charge in [0.05, 0.1) is 6.10 Å². The molecule has 0 spiro atoms. The van der Waals surface area contributed by atoms with Gasteiger partial charge in [-0.3, -0.25) is 0 Å². The van der Waals surface area contributed by atoms with Crippen LogP contribution in [0, 0.1) is 5.82 Å². The lowest BCUT2D eigenvalue weighted by atomic mass is 9.99. The van der Waals surface area contributed by atoms with E-state index in [0.29, 0.717) is 18.5 Å². The van der Waals surface area contributed by atoms with Crippen LogP contribution < -0.4 is 5.32 Å². The number of halogens is 1. The molecule has 110 valence electrons. The van der Waals surface area contributed by atoms with E-state index < -0.39 is 24.0 Å². The average molecular weight is 283 g/mol. The van der Waals surface area contributed by atoms with Crippen molar-refractivity contribution < 1.29 is 24.5 Å². The van der Waals surface area contributed by atoms with Crippen molar-refractivity contribution in [3.8, 4) is 0 Å². The molecule has 0 amide bonds. The lowest BCUT2D eigenvalue weighted by molar-refractivity contribution is -0.131. The first-order valence-corrected chi connectivity index (χ1v) is 6.17. The molecule has 0 saturated carbocycles. The number of carboxylic acid groups (broad SMARTS) is 1. The molecule has 0 aromatic heterocycles. The lowest BCUT2D eigenvalue weighted by Crippen LogP contribution is -2.23. The molecule has 0 bridgehead atoms. The average Bonchev–Trinajstić information content (AvgIpc) is 2.42. The third kappa shape index (κ3) is 4.73. The lowest BCUT2D eigenvalue weighted by Gasteiger charge is -2.18. The van der Waals surface area contributed by atoms with Crippen LogP contribution in [0.15, 0.2) is 24.3 Å². The van der Waals surface area contributed by atoms with Crippen molar-refractivity contribution in [2.75, 3.05) is 13.6 Å². The van der Waals surface area contributed by atoms with Crippen molar-refractivity contribution in [3.63, 3.8) is 0 Å². The Hall–Kier alpha value is -1.76. The first-order valence-electron chi connectivity index (χ1n) is 6.17. The zero-order valence-corrected chi connectivity index (χ0v) is 11.1. The van der Waals surface area contributed by atoms with E-state index in [1.165, 1.54) is 12.1 Å². The Labute approximate surface area is 116 Å². The van der Waals surface area contributed by atoms with Gasteiger partial charge in [0.2, 0.25) is 0 Å². The molecule has 0 radical (unpaired) electrons. The molecule has 2 atom stereocenters. The van der Waals surface area contributed by atoms with Crippen molar-refractivity contribution in [1.82, 2.24) is 5.32 Å². The fourth-order valence-electron chi connectivity index (χ4n) is 1.71. The normalized spacial score (nSPS) is 14.4. The number of hydrogen-bond acceptors (Lipinski definition) is 4. The van der Waals surface area contributed by atoms with Crippen molar-refractivity contribution in [2.24, 2.45) is 0 Å². The van der Waals surface area contributed by atoms with Crippen LogP contribution in [0.5, 0.6) is 0 Å². The fraction of sp³-hybridized carbons (Fsp3) is 0.357. The number of aliphatic hydroxyl groups is 2. The second-order valence-electron chi connectivity index (χ2n) is 4.36. The van der Waals surface area contributed by atoms with Gasteiger partial charge in [0.1, 0.15) is 11.9 Å². The number of aliphatic carboxylic acids is 1. The zero-order valence-electron chi connectivity index (χ0n) is 11.1. The second-order valence-corrected chi connectivity index (χ2v) is 4.36. The van der Waals surface area contributed by atoms with Crippen molar-refractivity contribution in [2.45, 2.75) is 18.6 Å².